The quantitative estimate of drug-likeness (QED) is 0.0467. The molecule has 1 aromatic rings. The van der Waals surface area contributed by atoms with E-state index in [-0.39, 0.29) is 38.2 Å². The monoisotopic (exact) mass is 554 g/mol. The molecule has 0 saturated heterocycles. The number of rotatable bonds is 18. The number of aliphatic imine (C=N–C) groups is 1. The fraction of sp³-hybridized carbons (Fsp3) is 0.524. The van der Waals surface area contributed by atoms with E-state index in [4.69, 9.17) is 28.0 Å². The number of imidazole rings is 1. The third kappa shape index (κ3) is 12.9. The first-order chi connectivity index (χ1) is 18.3. The summed E-state index contributed by atoms with van der Waals surface area (Å²) in [7, 11) is 0. The Balaban J connectivity index is 3.07. The van der Waals surface area contributed by atoms with Crippen LogP contribution in [0.2, 0.25) is 0 Å². The van der Waals surface area contributed by atoms with Crippen molar-refractivity contribution in [2.75, 3.05) is 6.54 Å². The van der Waals surface area contributed by atoms with Gasteiger partial charge in [0, 0.05) is 31.3 Å². The summed E-state index contributed by atoms with van der Waals surface area (Å²) in [5.41, 5.74) is 21.5. The van der Waals surface area contributed by atoms with Crippen LogP contribution in [-0.2, 0) is 35.2 Å². The molecule has 18 nitrogen and oxygen atoms in total. The van der Waals surface area contributed by atoms with E-state index >= 15 is 0 Å². The third-order valence-electron chi connectivity index (χ3n) is 5.21. The Labute approximate surface area is 222 Å². The highest BCUT2D eigenvalue weighted by Gasteiger charge is 2.31. The molecule has 1 heterocycles. The van der Waals surface area contributed by atoms with Gasteiger partial charge in [-0.3, -0.25) is 29.0 Å². The summed E-state index contributed by atoms with van der Waals surface area (Å²) in [6.07, 6.45) is 1.31. The Bertz CT molecular complexity index is 1040. The number of nitrogens with zero attached hydrogens (tertiary/aromatic N) is 2. The van der Waals surface area contributed by atoms with Gasteiger partial charge < -0.3 is 54.1 Å². The van der Waals surface area contributed by atoms with Gasteiger partial charge in [-0.05, 0) is 19.3 Å². The predicted molar refractivity (Wildman–Crippen MR) is 134 cm³/mol. The molecule has 216 valence electrons. The molecule has 4 atom stereocenters. The maximum atomic E-state index is 13.1. The van der Waals surface area contributed by atoms with Crippen molar-refractivity contribution < 1.29 is 39.0 Å². The van der Waals surface area contributed by atoms with Crippen LogP contribution in [0.1, 0.15) is 37.8 Å². The number of nitrogens with two attached hydrogens (primary N) is 4. The van der Waals surface area contributed by atoms with Gasteiger partial charge in [0.25, 0.3) is 0 Å². The minimum atomic E-state index is -1.46. The standard InChI is InChI=1S/C21H34N10O8/c22-11(7-15(23)32)17(35)29-12(3-4-16(33)34)18(36)31-14(6-10-8-26-9-28-10)19(37)30-13(20(38)39)2-1-5-27-21(24)25/h8-9,11-14H,1-7,22H2,(H2,23,32)(H,26,28)(H,29,35)(H,30,37)(H,31,36)(H,33,34)(H,38,39)(H4,24,25,27). The molecule has 14 N–H and O–H groups in total. The normalized spacial score (nSPS) is 13.7. The van der Waals surface area contributed by atoms with Gasteiger partial charge in [-0.25, -0.2) is 9.78 Å². The van der Waals surface area contributed by atoms with Crippen molar-refractivity contribution in [1.29, 1.82) is 0 Å². The number of nitrogens with one attached hydrogen (secondary N) is 4. The van der Waals surface area contributed by atoms with Crippen LogP contribution in [0, 0.1) is 0 Å². The zero-order chi connectivity index (χ0) is 29.5. The number of hydrogen-bond acceptors (Lipinski definition) is 9. The molecule has 1 rings (SSSR count). The number of carbonyl (C=O) groups excluding carboxylic acids is 4. The lowest BCUT2D eigenvalue weighted by Gasteiger charge is -2.25. The number of carbonyl (C=O) groups is 6. The molecule has 0 aromatic carbocycles. The van der Waals surface area contributed by atoms with Crippen LogP contribution in [0.3, 0.4) is 0 Å². The summed E-state index contributed by atoms with van der Waals surface area (Å²) in [4.78, 5) is 82.6. The zero-order valence-corrected chi connectivity index (χ0v) is 21.0. The Morgan fingerprint density at radius 3 is 2.08 bits per heavy atom. The number of primary amides is 1. The minimum absolute atomic E-state index is 0.0301. The van der Waals surface area contributed by atoms with Crippen LogP contribution in [0.4, 0.5) is 0 Å². The van der Waals surface area contributed by atoms with Crippen LogP contribution in [0.15, 0.2) is 17.5 Å². The molecule has 4 unspecified atom stereocenters. The number of amides is 4. The van der Waals surface area contributed by atoms with Crippen molar-refractivity contribution in [3.05, 3.63) is 18.2 Å². The van der Waals surface area contributed by atoms with Crippen LogP contribution in [0.25, 0.3) is 0 Å². The van der Waals surface area contributed by atoms with Gasteiger partial charge in [0.1, 0.15) is 18.1 Å². The van der Waals surface area contributed by atoms with E-state index in [1.807, 2.05) is 0 Å². The van der Waals surface area contributed by atoms with Gasteiger partial charge in [0.05, 0.1) is 18.8 Å². The van der Waals surface area contributed by atoms with E-state index in [9.17, 15) is 33.9 Å². The molecule has 0 saturated carbocycles. The molecular formula is C21H34N10O8. The highest BCUT2D eigenvalue weighted by molar-refractivity contribution is 5.95. The van der Waals surface area contributed by atoms with E-state index in [2.05, 4.69) is 30.9 Å². The fourth-order valence-corrected chi connectivity index (χ4v) is 3.26. The van der Waals surface area contributed by atoms with Crippen molar-refractivity contribution in [3.63, 3.8) is 0 Å². The first-order valence-corrected chi connectivity index (χ1v) is 11.7. The van der Waals surface area contributed by atoms with Gasteiger partial charge in [0.2, 0.25) is 23.6 Å². The van der Waals surface area contributed by atoms with E-state index < -0.39 is 72.6 Å². The van der Waals surface area contributed by atoms with Crippen molar-refractivity contribution in [3.8, 4) is 0 Å². The Morgan fingerprint density at radius 1 is 0.923 bits per heavy atom. The Hall–Kier alpha value is -4.74. The van der Waals surface area contributed by atoms with E-state index in [0.717, 1.165) is 0 Å². The lowest BCUT2D eigenvalue weighted by molar-refractivity contribution is -0.142. The van der Waals surface area contributed by atoms with Crippen LogP contribution < -0.4 is 38.9 Å². The van der Waals surface area contributed by atoms with Crippen molar-refractivity contribution >= 4 is 41.5 Å². The molecule has 0 spiro atoms. The average Bonchev–Trinajstić information content (AvgIpc) is 3.35. The molecule has 0 aliphatic carbocycles. The highest BCUT2D eigenvalue weighted by Crippen LogP contribution is 2.06. The molecule has 0 radical (unpaired) electrons. The molecular weight excluding hydrogens is 520 g/mol. The maximum Gasteiger partial charge on any atom is 0.326 e. The number of aliphatic carboxylic acids is 2. The molecule has 18 heteroatoms. The van der Waals surface area contributed by atoms with Crippen molar-refractivity contribution in [2.24, 2.45) is 27.9 Å². The minimum Gasteiger partial charge on any atom is -0.481 e. The number of hydrogen-bond donors (Lipinski definition) is 10. The topological polar surface area (TPSA) is 324 Å². The maximum absolute atomic E-state index is 13.1. The Morgan fingerprint density at radius 2 is 1.54 bits per heavy atom. The predicted octanol–water partition coefficient (Wildman–Crippen LogP) is -4.39. The SMILES string of the molecule is NC(=O)CC(N)C(=O)NC(CCC(=O)O)C(=O)NC(Cc1cnc[nH]1)C(=O)NC(CCCN=C(N)N)C(=O)O. The lowest BCUT2D eigenvalue weighted by Crippen LogP contribution is -2.58. The smallest absolute Gasteiger partial charge is 0.326 e. The summed E-state index contributed by atoms with van der Waals surface area (Å²) < 4.78 is 0. The second-order valence-corrected chi connectivity index (χ2v) is 8.46. The van der Waals surface area contributed by atoms with Gasteiger partial charge in [-0.1, -0.05) is 0 Å². The van der Waals surface area contributed by atoms with E-state index in [0.29, 0.717) is 5.69 Å². The molecule has 0 fully saturated rings. The van der Waals surface area contributed by atoms with Gasteiger partial charge in [-0.2, -0.15) is 0 Å². The third-order valence-corrected chi connectivity index (χ3v) is 5.21. The van der Waals surface area contributed by atoms with Crippen LogP contribution >= 0.6 is 0 Å². The lowest BCUT2D eigenvalue weighted by atomic mass is 10.1. The number of aromatic amines is 1. The number of aromatic nitrogens is 2. The van der Waals surface area contributed by atoms with Gasteiger partial charge in [0.15, 0.2) is 5.96 Å². The molecule has 0 aliphatic heterocycles. The number of guanidine groups is 1. The largest absolute Gasteiger partial charge is 0.481 e. The summed E-state index contributed by atoms with van der Waals surface area (Å²) in [6, 6.07) is -5.57. The molecule has 39 heavy (non-hydrogen) atoms. The number of carboxylic acids is 2. The second kappa shape index (κ2) is 16.2. The molecule has 0 bridgehead atoms. The second-order valence-electron chi connectivity index (χ2n) is 8.46. The summed E-state index contributed by atoms with van der Waals surface area (Å²) in [5.74, 6) is -6.41. The fourth-order valence-electron chi connectivity index (χ4n) is 3.26. The first kappa shape index (κ1) is 32.3. The van der Waals surface area contributed by atoms with Crippen LogP contribution in [0.5, 0.6) is 0 Å². The molecule has 0 aliphatic rings. The number of carboxylic acid groups (broad SMARTS) is 2. The van der Waals surface area contributed by atoms with Crippen molar-refractivity contribution in [1.82, 2.24) is 25.9 Å². The van der Waals surface area contributed by atoms with Crippen molar-refractivity contribution in [2.45, 2.75) is 62.7 Å². The summed E-state index contributed by atoms with van der Waals surface area (Å²) >= 11 is 0. The van der Waals surface area contributed by atoms with Crippen LogP contribution in [-0.4, -0.2) is 92.4 Å². The summed E-state index contributed by atoms with van der Waals surface area (Å²) in [5, 5.41) is 25.6. The van der Waals surface area contributed by atoms with Gasteiger partial charge in [-0.15, -0.1) is 0 Å². The first-order valence-electron chi connectivity index (χ1n) is 11.7. The molecule has 4 amide bonds. The van der Waals surface area contributed by atoms with Gasteiger partial charge >= 0.3 is 11.9 Å². The number of H-pyrrole nitrogens is 1. The van der Waals surface area contributed by atoms with E-state index in [1.54, 1.807) is 0 Å². The zero-order valence-electron chi connectivity index (χ0n) is 21.0. The molecule has 1 aromatic heterocycles. The summed E-state index contributed by atoms with van der Waals surface area (Å²) in [6.45, 7) is 0.124. The average molecular weight is 555 g/mol. The van der Waals surface area contributed by atoms with E-state index in [1.165, 1.54) is 12.5 Å². The highest BCUT2D eigenvalue weighted by atomic mass is 16.4. The Kier molecular flexibility index (Phi) is 13.4.